The maximum atomic E-state index is 11.9. The number of hydrogen-bond donors (Lipinski definition) is 3. The van der Waals surface area contributed by atoms with Crippen molar-refractivity contribution in [3.8, 4) is 0 Å². The number of nitrogens with two attached hydrogens (primary N) is 1. The van der Waals surface area contributed by atoms with Crippen LogP contribution in [0, 0.1) is 0 Å². The minimum atomic E-state index is -0.147. The smallest absolute Gasteiger partial charge is 0.265 e. The number of nitrogens with one attached hydrogen (secondary N) is 2. The Morgan fingerprint density at radius 1 is 1.47 bits per heavy atom. The van der Waals surface area contributed by atoms with Gasteiger partial charge < -0.3 is 16.4 Å². The Labute approximate surface area is 106 Å². The van der Waals surface area contributed by atoms with Crippen LogP contribution in [0.3, 0.4) is 0 Å². The number of carbonyl (C=O) groups excluding carboxylic acids is 1. The molecule has 0 aliphatic carbocycles. The molecule has 6 heteroatoms. The van der Waals surface area contributed by atoms with Crippen molar-refractivity contribution in [3.05, 3.63) is 4.88 Å². The fourth-order valence-electron chi connectivity index (χ4n) is 1.19. The van der Waals surface area contributed by atoms with Crippen LogP contribution < -0.4 is 16.4 Å². The lowest BCUT2D eigenvalue weighted by Gasteiger charge is -2.09. The summed E-state index contributed by atoms with van der Waals surface area (Å²) in [6.07, 6.45) is 0.890. The number of carbonyl (C=O) groups is 1. The fourth-order valence-corrected chi connectivity index (χ4v) is 2.13. The second-order valence-corrected chi connectivity index (χ2v) is 5.31. The van der Waals surface area contributed by atoms with Crippen LogP contribution >= 0.6 is 11.3 Å². The maximum Gasteiger partial charge on any atom is 0.265 e. The lowest BCUT2D eigenvalue weighted by Crippen LogP contribution is -2.31. The summed E-state index contributed by atoms with van der Waals surface area (Å²) in [5, 5.41) is 6.70. The van der Waals surface area contributed by atoms with E-state index in [1.807, 2.05) is 27.7 Å². The monoisotopic (exact) mass is 256 g/mol. The number of thiazole rings is 1. The largest absolute Gasteiger partial charge is 0.382 e. The quantitative estimate of drug-likeness (QED) is 0.753. The SMILES string of the molecule is CCC(C)NC(=O)c1sc(NC(C)C)nc1N. The lowest BCUT2D eigenvalue weighted by atomic mass is 10.2. The predicted octanol–water partition coefficient (Wildman–Crippen LogP) is 2.07. The van der Waals surface area contributed by atoms with Crippen LogP contribution in [0.1, 0.15) is 43.8 Å². The van der Waals surface area contributed by atoms with Crippen LogP contribution in [0.5, 0.6) is 0 Å². The van der Waals surface area contributed by atoms with Crippen molar-refractivity contribution in [1.29, 1.82) is 0 Å². The van der Waals surface area contributed by atoms with Gasteiger partial charge in [-0.2, -0.15) is 0 Å². The average molecular weight is 256 g/mol. The van der Waals surface area contributed by atoms with Crippen LogP contribution in [0.15, 0.2) is 0 Å². The lowest BCUT2D eigenvalue weighted by molar-refractivity contribution is 0.0944. The van der Waals surface area contributed by atoms with Crippen molar-refractivity contribution in [2.45, 2.75) is 46.2 Å². The number of nitrogens with zero attached hydrogens (tertiary/aromatic N) is 1. The van der Waals surface area contributed by atoms with Gasteiger partial charge in [0.1, 0.15) is 10.7 Å². The van der Waals surface area contributed by atoms with E-state index < -0.39 is 0 Å². The predicted molar refractivity (Wildman–Crippen MR) is 72.5 cm³/mol. The first kappa shape index (κ1) is 13.8. The van der Waals surface area contributed by atoms with Crippen LogP contribution in [0.4, 0.5) is 10.9 Å². The average Bonchev–Trinajstić information content (AvgIpc) is 2.58. The Morgan fingerprint density at radius 2 is 2.12 bits per heavy atom. The number of hydrogen-bond acceptors (Lipinski definition) is 5. The van der Waals surface area contributed by atoms with Gasteiger partial charge in [-0.05, 0) is 27.2 Å². The van der Waals surface area contributed by atoms with Gasteiger partial charge in [-0.15, -0.1) is 0 Å². The van der Waals surface area contributed by atoms with Crippen LogP contribution in [0.25, 0.3) is 0 Å². The molecule has 1 amide bonds. The summed E-state index contributed by atoms with van der Waals surface area (Å²) in [5.41, 5.74) is 5.73. The molecule has 1 atom stereocenters. The third-order valence-electron chi connectivity index (χ3n) is 2.26. The van der Waals surface area contributed by atoms with E-state index in [1.165, 1.54) is 11.3 Å². The number of nitrogen functional groups attached to an aromatic ring is 1. The molecule has 1 unspecified atom stereocenters. The van der Waals surface area contributed by atoms with Crippen LogP contribution in [0.2, 0.25) is 0 Å². The van der Waals surface area contributed by atoms with Gasteiger partial charge in [0.05, 0.1) is 0 Å². The molecule has 0 saturated carbocycles. The number of amides is 1. The van der Waals surface area contributed by atoms with Crippen LogP contribution in [-0.2, 0) is 0 Å². The van der Waals surface area contributed by atoms with Crippen LogP contribution in [-0.4, -0.2) is 23.0 Å². The molecule has 0 aromatic carbocycles. The Morgan fingerprint density at radius 3 is 2.65 bits per heavy atom. The molecule has 0 radical (unpaired) electrons. The van der Waals surface area contributed by atoms with Crippen molar-refractivity contribution >= 4 is 28.2 Å². The zero-order valence-corrected chi connectivity index (χ0v) is 11.5. The summed E-state index contributed by atoms with van der Waals surface area (Å²) < 4.78 is 0. The zero-order valence-electron chi connectivity index (χ0n) is 10.7. The highest BCUT2D eigenvalue weighted by atomic mass is 32.1. The van der Waals surface area contributed by atoms with Gasteiger partial charge in [-0.3, -0.25) is 4.79 Å². The van der Waals surface area contributed by atoms with Crippen molar-refractivity contribution < 1.29 is 4.79 Å². The summed E-state index contributed by atoms with van der Waals surface area (Å²) in [4.78, 5) is 16.5. The van der Waals surface area contributed by atoms with Gasteiger partial charge in [-0.25, -0.2) is 4.98 Å². The van der Waals surface area contributed by atoms with Gasteiger partial charge >= 0.3 is 0 Å². The zero-order chi connectivity index (χ0) is 13.0. The number of anilines is 2. The van der Waals surface area contributed by atoms with Gasteiger partial charge in [0.15, 0.2) is 5.13 Å². The highest BCUT2D eigenvalue weighted by Crippen LogP contribution is 2.25. The summed E-state index contributed by atoms with van der Waals surface area (Å²) in [6.45, 7) is 8.00. The molecule has 0 aliphatic heterocycles. The third kappa shape index (κ3) is 3.89. The molecule has 5 nitrogen and oxygen atoms in total. The highest BCUT2D eigenvalue weighted by Gasteiger charge is 2.17. The topological polar surface area (TPSA) is 80.0 Å². The summed E-state index contributed by atoms with van der Waals surface area (Å²) >= 11 is 1.29. The molecule has 0 saturated heterocycles. The summed E-state index contributed by atoms with van der Waals surface area (Å²) in [6, 6.07) is 0.413. The van der Waals surface area contributed by atoms with E-state index in [2.05, 4.69) is 15.6 Å². The standard InChI is InChI=1S/C11H20N4OS/c1-5-7(4)14-10(16)8-9(12)15-11(17-8)13-6(2)3/h6-7H,5,12H2,1-4H3,(H,13,15)(H,14,16). The van der Waals surface area contributed by atoms with E-state index in [4.69, 9.17) is 5.73 Å². The van der Waals surface area contributed by atoms with Gasteiger partial charge in [0.25, 0.3) is 5.91 Å². The van der Waals surface area contributed by atoms with E-state index in [-0.39, 0.29) is 18.0 Å². The molecule has 1 heterocycles. The maximum absolute atomic E-state index is 11.9. The molecule has 0 bridgehead atoms. The normalized spacial score (nSPS) is 12.5. The highest BCUT2D eigenvalue weighted by molar-refractivity contribution is 7.18. The molecule has 0 aliphatic rings. The summed E-state index contributed by atoms with van der Waals surface area (Å²) in [5.74, 6) is 0.144. The molecule has 0 fully saturated rings. The van der Waals surface area contributed by atoms with E-state index in [0.29, 0.717) is 15.8 Å². The Bertz CT molecular complexity index is 389. The third-order valence-corrected chi connectivity index (χ3v) is 3.26. The molecule has 17 heavy (non-hydrogen) atoms. The molecular weight excluding hydrogens is 236 g/mol. The Hall–Kier alpha value is -1.30. The number of rotatable bonds is 5. The molecule has 96 valence electrons. The Balaban J connectivity index is 2.76. The van der Waals surface area contributed by atoms with Crippen molar-refractivity contribution in [3.63, 3.8) is 0 Å². The summed E-state index contributed by atoms with van der Waals surface area (Å²) in [7, 11) is 0. The first-order valence-corrected chi connectivity index (χ1v) is 6.59. The van der Waals surface area contributed by atoms with Crippen molar-refractivity contribution in [2.75, 3.05) is 11.1 Å². The van der Waals surface area contributed by atoms with Gasteiger partial charge in [0, 0.05) is 12.1 Å². The number of aromatic nitrogens is 1. The Kier molecular flexibility index (Phi) is 4.74. The minimum absolute atomic E-state index is 0.144. The van der Waals surface area contributed by atoms with Crippen molar-refractivity contribution in [2.24, 2.45) is 0 Å². The van der Waals surface area contributed by atoms with E-state index in [1.54, 1.807) is 0 Å². The molecule has 1 aromatic heterocycles. The molecular formula is C11H20N4OS. The molecule has 1 aromatic rings. The van der Waals surface area contributed by atoms with E-state index in [0.717, 1.165) is 6.42 Å². The fraction of sp³-hybridized carbons (Fsp3) is 0.636. The second kappa shape index (κ2) is 5.86. The van der Waals surface area contributed by atoms with Gasteiger partial charge in [0.2, 0.25) is 0 Å². The first-order chi connectivity index (χ1) is 7.93. The van der Waals surface area contributed by atoms with Crippen molar-refractivity contribution in [1.82, 2.24) is 10.3 Å². The van der Waals surface area contributed by atoms with Gasteiger partial charge in [-0.1, -0.05) is 18.3 Å². The molecule has 1 rings (SSSR count). The van der Waals surface area contributed by atoms with E-state index >= 15 is 0 Å². The second-order valence-electron chi connectivity index (χ2n) is 4.32. The molecule has 4 N–H and O–H groups in total. The first-order valence-electron chi connectivity index (χ1n) is 5.77. The molecule has 0 spiro atoms. The van der Waals surface area contributed by atoms with E-state index in [9.17, 15) is 4.79 Å². The minimum Gasteiger partial charge on any atom is -0.382 e.